The quantitative estimate of drug-likeness (QED) is 0.250. The Bertz CT molecular complexity index is 1370. The van der Waals surface area contributed by atoms with E-state index in [1.54, 1.807) is 70.3 Å². The van der Waals surface area contributed by atoms with E-state index in [0.717, 1.165) is 11.1 Å². The first kappa shape index (κ1) is 31.0. The molecule has 11 heteroatoms. The fourth-order valence-electron chi connectivity index (χ4n) is 3.77. The highest BCUT2D eigenvalue weighted by Crippen LogP contribution is 2.33. The molecule has 0 heterocycles. The maximum absolute atomic E-state index is 13.3. The summed E-state index contributed by atoms with van der Waals surface area (Å²) in [4.78, 5) is 24.3. The van der Waals surface area contributed by atoms with Gasteiger partial charge in [0.2, 0.25) is 10.0 Å². The van der Waals surface area contributed by atoms with Crippen LogP contribution < -0.4 is 14.8 Å². The lowest BCUT2D eigenvalue weighted by Gasteiger charge is -2.25. The first-order chi connectivity index (χ1) is 18.9. The van der Waals surface area contributed by atoms with E-state index in [-0.39, 0.29) is 11.4 Å². The maximum atomic E-state index is 13.3. The molecule has 0 aliphatic heterocycles. The number of carboxylic acids is 1. The third-order valence-electron chi connectivity index (χ3n) is 5.63. The number of benzene rings is 3. The number of alkyl carbamates (subject to hydrolysis) is 1. The maximum Gasteiger partial charge on any atom is 0.407 e. The van der Waals surface area contributed by atoms with Gasteiger partial charge < -0.3 is 19.9 Å². The Morgan fingerprint density at radius 2 is 1.50 bits per heavy atom. The van der Waals surface area contributed by atoms with Gasteiger partial charge in [-0.2, -0.15) is 4.72 Å². The molecule has 0 saturated heterocycles. The van der Waals surface area contributed by atoms with Gasteiger partial charge in [-0.25, -0.2) is 13.2 Å². The van der Waals surface area contributed by atoms with E-state index in [1.807, 2.05) is 24.3 Å². The number of carboxylic acid groups (broad SMARTS) is 1. The molecule has 0 saturated carbocycles. The van der Waals surface area contributed by atoms with Gasteiger partial charge in [0.1, 0.15) is 17.4 Å². The van der Waals surface area contributed by atoms with Crippen LogP contribution in [0, 0.1) is 0 Å². The van der Waals surface area contributed by atoms with Gasteiger partial charge in [-0.15, -0.1) is 11.8 Å². The summed E-state index contributed by atoms with van der Waals surface area (Å²) in [5.41, 5.74) is 1.66. The molecule has 0 aliphatic carbocycles. The normalized spacial score (nSPS) is 13.2. The van der Waals surface area contributed by atoms with Crippen LogP contribution in [-0.2, 0) is 19.6 Å². The first-order valence-corrected chi connectivity index (χ1v) is 15.1. The van der Waals surface area contributed by atoms with Gasteiger partial charge >= 0.3 is 12.1 Å². The number of methoxy groups -OCH3 is 1. The highest BCUT2D eigenvalue weighted by atomic mass is 32.2. The fraction of sp³-hybridized carbons (Fsp3) is 0.310. The second-order valence-electron chi connectivity index (χ2n) is 9.82. The Balaban J connectivity index is 1.77. The topological polar surface area (TPSA) is 131 Å². The highest BCUT2D eigenvalue weighted by molar-refractivity contribution is 7.99. The summed E-state index contributed by atoms with van der Waals surface area (Å²) >= 11 is 1.22. The van der Waals surface area contributed by atoms with Gasteiger partial charge in [-0.3, -0.25) is 4.79 Å². The van der Waals surface area contributed by atoms with Crippen molar-refractivity contribution in [1.82, 2.24) is 10.0 Å². The minimum Gasteiger partial charge on any atom is -0.497 e. The molecule has 0 aliphatic rings. The van der Waals surface area contributed by atoms with E-state index in [2.05, 4.69) is 10.0 Å². The summed E-state index contributed by atoms with van der Waals surface area (Å²) in [5.74, 6) is -0.292. The second kappa shape index (κ2) is 13.7. The lowest BCUT2D eigenvalue weighted by Crippen LogP contribution is -2.44. The second-order valence-corrected chi connectivity index (χ2v) is 12.8. The number of nitrogens with one attached hydrogen (secondary N) is 2. The average molecular weight is 587 g/mol. The number of ether oxygens (including phenoxy) is 2. The Kier molecular flexibility index (Phi) is 10.6. The van der Waals surface area contributed by atoms with Gasteiger partial charge in [0.25, 0.3) is 0 Å². The monoisotopic (exact) mass is 586 g/mol. The zero-order valence-corrected chi connectivity index (χ0v) is 24.4. The number of hydrogen-bond donors (Lipinski definition) is 3. The number of carbonyl (C=O) groups excluding carboxylic acids is 1. The van der Waals surface area contributed by atoms with Crippen molar-refractivity contribution in [3.8, 4) is 16.9 Å². The SMILES string of the molecule is COc1ccc(-c2ccc(S(=O)(=O)N[C@@H](C(=O)O)[C@H](SCCNC(=O)OC(C)(C)C)c3ccccc3)cc2)cc1. The van der Waals surface area contributed by atoms with Crippen molar-refractivity contribution >= 4 is 33.8 Å². The van der Waals surface area contributed by atoms with Crippen molar-refractivity contribution in [3.63, 3.8) is 0 Å². The van der Waals surface area contributed by atoms with Gasteiger partial charge in [-0.05, 0) is 61.7 Å². The molecule has 0 radical (unpaired) electrons. The molecule has 0 spiro atoms. The van der Waals surface area contributed by atoms with Crippen molar-refractivity contribution < 1.29 is 32.6 Å². The Labute approximate surface area is 239 Å². The standard InChI is InChI=1S/C29H34N2O7S2/c1-29(2,3)38-28(34)30-18-19-39-26(22-8-6-5-7-9-22)25(27(32)33)31-40(35,36)24-16-12-21(13-17-24)20-10-14-23(37-4)15-11-20/h5-17,25-26,31H,18-19H2,1-4H3,(H,30,34)(H,32,33)/t25-,26-/m1/s1. The fourth-order valence-corrected chi connectivity index (χ4v) is 6.26. The average Bonchev–Trinajstić information content (AvgIpc) is 2.91. The number of rotatable bonds is 12. The van der Waals surface area contributed by atoms with E-state index in [1.165, 1.54) is 23.9 Å². The summed E-state index contributed by atoms with van der Waals surface area (Å²) in [6, 6.07) is 20.9. The predicted octanol–water partition coefficient (Wildman–Crippen LogP) is 5.09. The Morgan fingerprint density at radius 1 is 0.925 bits per heavy atom. The molecule has 3 aromatic rings. The van der Waals surface area contributed by atoms with Crippen molar-refractivity contribution in [3.05, 3.63) is 84.4 Å². The molecule has 0 aromatic heterocycles. The number of sulfonamides is 1. The van der Waals surface area contributed by atoms with Crippen molar-refractivity contribution in [2.45, 2.75) is 42.6 Å². The Morgan fingerprint density at radius 3 is 2.02 bits per heavy atom. The van der Waals surface area contributed by atoms with Crippen LogP contribution in [0.25, 0.3) is 11.1 Å². The summed E-state index contributed by atoms with van der Waals surface area (Å²) in [7, 11) is -2.61. The van der Waals surface area contributed by atoms with Crippen molar-refractivity contribution in [2.24, 2.45) is 0 Å². The number of thioether (sulfide) groups is 1. The molecule has 3 rings (SSSR count). The van der Waals surface area contributed by atoms with Crippen LogP contribution in [0.2, 0.25) is 0 Å². The zero-order chi connectivity index (χ0) is 29.3. The third kappa shape index (κ3) is 9.00. The number of aliphatic carboxylic acids is 1. The smallest absolute Gasteiger partial charge is 0.407 e. The van der Waals surface area contributed by atoms with Gasteiger partial charge in [0.05, 0.1) is 17.3 Å². The van der Waals surface area contributed by atoms with E-state index < -0.39 is 39.0 Å². The molecule has 3 N–H and O–H groups in total. The predicted molar refractivity (Wildman–Crippen MR) is 156 cm³/mol. The molecule has 0 fully saturated rings. The number of carbonyl (C=O) groups is 2. The highest BCUT2D eigenvalue weighted by Gasteiger charge is 2.34. The molecule has 2 atom stereocenters. The van der Waals surface area contributed by atoms with Crippen LogP contribution in [0.3, 0.4) is 0 Å². The molecule has 1 amide bonds. The van der Waals surface area contributed by atoms with E-state index in [0.29, 0.717) is 17.1 Å². The van der Waals surface area contributed by atoms with Crippen LogP contribution in [0.15, 0.2) is 83.8 Å². The summed E-state index contributed by atoms with van der Waals surface area (Å²) in [6.07, 6.45) is -0.585. The molecule has 3 aromatic carbocycles. The largest absolute Gasteiger partial charge is 0.497 e. The minimum absolute atomic E-state index is 0.0561. The molecule has 0 bridgehead atoms. The van der Waals surface area contributed by atoms with Crippen LogP contribution in [0.5, 0.6) is 5.75 Å². The molecular formula is C29H34N2O7S2. The van der Waals surface area contributed by atoms with Gasteiger partial charge in [0.15, 0.2) is 0 Å². The first-order valence-electron chi connectivity index (χ1n) is 12.5. The zero-order valence-electron chi connectivity index (χ0n) is 22.8. The lowest BCUT2D eigenvalue weighted by molar-refractivity contribution is -0.139. The number of amides is 1. The molecule has 40 heavy (non-hydrogen) atoms. The molecule has 9 nitrogen and oxygen atoms in total. The van der Waals surface area contributed by atoms with E-state index in [9.17, 15) is 23.1 Å². The summed E-state index contributed by atoms with van der Waals surface area (Å²) < 4.78 is 39.4. The van der Waals surface area contributed by atoms with Gasteiger partial charge in [0, 0.05) is 12.3 Å². The van der Waals surface area contributed by atoms with Crippen LogP contribution in [0.4, 0.5) is 4.79 Å². The van der Waals surface area contributed by atoms with Gasteiger partial charge in [-0.1, -0.05) is 54.6 Å². The minimum atomic E-state index is -4.19. The van der Waals surface area contributed by atoms with Crippen LogP contribution in [-0.4, -0.2) is 56.6 Å². The summed E-state index contributed by atoms with van der Waals surface area (Å²) in [6.45, 7) is 5.46. The van der Waals surface area contributed by atoms with Crippen molar-refractivity contribution in [1.29, 1.82) is 0 Å². The van der Waals surface area contributed by atoms with E-state index >= 15 is 0 Å². The van der Waals surface area contributed by atoms with Crippen LogP contribution in [0.1, 0.15) is 31.6 Å². The number of hydrogen-bond acceptors (Lipinski definition) is 7. The summed E-state index contributed by atoms with van der Waals surface area (Å²) in [5, 5.41) is 12.0. The molecular weight excluding hydrogens is 552 g/mol. The van der Waals surface area contributed by atoms with E-state index in [4.69, 9.17) is 9.47 Å². The molecule has 214 valence electrons. The third-order valence-corrected chi connectivity index (χ3v) is 8.43. The lowest BCUT2D eigenvalue weighted by atomic mass is 10.1. The Hall–Kier alpha value is -3.54. The van der Waals surface area contributed by atoms with Crippen LogP contribution >= 0.6 is 11.8 Å². The molecule has 0 unspecified atom stereocenters. The van der Waals surface area contributed by atoms with Crippen molar-refractivity contribution in [2.75, 3.05) is 19.4 Å².